The number of rotatable bonds is 3. The Kier molecular flexibility index (Phi) is 3.81. The second kappa shape index (κ2) is 5.33. The molecular formula is C12H17FN2O2. The van der Waals surface area contributed by atoms with Crippen LogP contribution >= 0.6 is 0 Å². The molecule has 17 heavy (non-hydrogen) atoms. The van der Waals surface area contributed by atoms with E-state index in [2.05, 4.69) is 10.2 Å². The van der Waals surface area contributed by atoms with Gasteiger partial charge in [0, 0.05) is 38.3 Å². The maximum absolute atomic E-state index is 13.8. The van der Waals surface area contributed by atoms with Crippen LogP contribution in [0.2, 0.25) is 0 Å². The van der Waals surface area contributed by atoms with Crippen molar-refractivity contribution in [2.75, 3.05) is 33.3 Å². The molecule has 1 aliphatic rings. The molecule has 1 aromatic rings. The smallest absolute Gasteiger partial charge is 0.194 e. The van der Waals surface area contributed by atoms with Crippen LogP contribution in [0.4, 0.5) is 4.39 Å². The van der Waals surface area contributed by atoms with Crippen LogP contribution in [-0.4, -0.2) is 43.3 Å². The predicted molar refractivity (Wildman–Crippen MR) is 62.8 cm³/mol. The average molecular weight is 240 g/mol. The van der Waals surface area contributed by atoms with Crippen LogP contribution in [0.3, 0.4) is 0 Å². The lowest BCUT2D eigenvalue weighted by Crippen LogP contribution is -2.43. The van der Waals surface area contributed by atoms with Gasteiger partial charge in [-0.25, -0.2) is 4.39 Å². The van der Waals surface area contributed by atoms with Gasteiger partial charge in [0.05, 0.1) is 7.11 Å². The van der Waals surface area contributed by atoms with Crippen molar-refractivity contribution in [2.45, 2.75) is 6.54 Å². The molecule has 0 spiro atoms. The minimum atomic E-state index is -0.581. The van der Waals surface area contributed by atoms with Crippen molar-refractivity contribution in [3.8, 4) is 11.5 Å². The lowest BCUT2D eigenvalue weighted by atomic mass is 10.1. The van der Waals surface area contributed by atoms with Crippen LogP contribution in [0, 0.1) is 5.82 Å². The van der Waals surface area contributed by atoms with E-state index in [1.165, 1.54) is 7.11 Å². The van der Waals surface area contributed by atoms with Crippen molar-refractivity contribution in [1.82, 2.24) is 10.2 Å². The summed E-state index contributed by atoms with van der Waals surface area (Å²) in [5, 5.41) is 12.8. The zero-order chi connectivity index (χ0) is 12.3. The zero-order valence-electron chi connectivity index (χ0n) is 9.87. The van der Waals surface area contributed by atoms with Gasteiger partial charge in [0.25, 0.3) is 0 Å². The highest BCUT2D eigenvalue weighted by molar-refractivity contribution is 5.43. The molecule has 1 saturated heterocycles. The monoisotopic (exact) mass is 240 g/mol. The largest absolute Gasteiger partial charge is 0.502 e. The SMILES string of the molecule is COc1ccc(CN2CCNCC2)c(F)c1O. The molecule has 0 radical (unpaired) electrons. The van der Waals surface area contributed by atoms with Gasteiger partial charge in [-0.1, -0.05) is 6.07 Å². The minimum absolute atomic E-state index is 0.173. The first kappa shape index (κ1) is 12.1. The molecule has 0 amide bonds. The molecule has 0 atom stereocenters. The highest BCUT2D eigenvalue weighted by atomic mass is 19.1. The highest BCUT2D eigenvalue weighted by Crippen LogP contribution is 2.31. The number of halogens is 1. The molecule has 1 aromatic carbocycles. The number of hydrogen-bond acceptors (Lipinski definition) is 4. The van der Waals surface area contributed by atoms with Crippen LogP contribution in [0.15, 0.2) is 12.1 Å². The average Bonchev–Trinajstić information content (AvgIpc) is 2.37. The number of phenolic OH excluding ortho intramolecular Hbond substituents is 1. The van der Waals surface area contributed by atoms with Crippen molar-refractivity contribution in [1.29, 1.82) is 0 Å². The number of nitrogens with zero attached hydrogens (tertiary/aromatic N) is 1. The molecule has 0 bridgehead atoms. The Morgan fingerprint density at radius 1 is 1.41 bits per heavy atom. The van der Waals surface area contributed by atoms with E-state index in [4.69, 9.17) is 4.74 Å². The minimum Gasteiger partial charge on any atom is -0.502 e. The zero-order valence-corrected chi connectivity index (χ0v) is 9.87. The number of aromatic hydroxyl groups is 1. The van der Waals surface area contributed by atoms with Gasteiger partial charge in [0.1, 0.15) is 0 Å². The summed E-state index contributed by atoms with van der Waals surface area (Å²) in [6, 6.07) is 3.26. The number of methoxy groups -OCH3 is 1. The highest BCUT2D eigenvalue weighted by Gasteiger charge is 2.16. The van der Waals surface area contributed by atoms with Crippen LogP contribution in [0.25, 0.3) is 0 Å². The molecule has 0 unspecified atom stereocenters. The first-order valence-electron chi connectivity index (χ1n) is 5.69. The maximum atomic E-state index is 13.8. The molecular weight excluding hydrogens is 223 g/mol. The third-order valence-electron chi connectivity index (χ3n) is 2.98. The predicted octanol–water partition coefficient (Wildman–Crippen LogP) is 0.945. The topological polar surface area (TPSA) is 44.7 Å². The lowest BCUT2D eigenvalue weighted by molar-refractivity contribution is 0.229. The molecule has 94 valence electrons. The first-order chi connectivity index (χ1) is 8.22. The number of benzene rings is 1. The molecule has 1 fully saturated rings. The van der Waals surface area contributed by atoms with E-state index in [9.17, 15) is 9.50 Å². The summed E-state index contributed by atoms with van der Waals surface area (Å²) in [6.07, 6.45) is 0. The normalized spacial score (nSPS) is 17.1. The summed E-state index contributed by atoms with van der Waals surface area (Å²) in [7, 11) is 1.41. The van der Waals surface area contributed by atoms with E-state index in [0.717, 1.165) is 26.2 Å². The number of piperazine rings is 1. The van der Waals surface area contributed by atoms with Crippen molar-refractivity contribution >= 4 is 0 Å². The Balaban J connectivity index is 2.12. The first-order valence-corrected chi connectivity index (χ1v) is 5.69. The third-order valence-corrected chi connectivity index (χ3v) is 2.98. The fourth-order valence-corrected chi connectivity index (χ4v) is 1.99. The van der Waals surface area contributed by atoms with Gasteiger partial charge in [-0.2, -0.15) is 0 Å². The number of phenols is 1. The van der Waals surface area contributed by atoms with E-state index in [-0.39, 0.29) is 5.75 Å². The lowest BCUT2D eigenvalue weighted by Gasteiger charge is -2.27. The summed E-state index contributed by atoms with van der Waals surface area (Å²) in [5.41, 5.74) is 0.505. The fraction of sp³-hybridized carbons (Fsp3) is 0.500. The van der Waals surface area contributed by atoms with E-state index in [1.807, 2.05) is 0 Å². The Morgan fingerprint density at radius 3 is 2.76 bits per heavy atom. The van der Waals surface area contributed by atoms with Crippen LogP contribution in [-0.2, 0) is 6.54 Å². The van der Waals surface area contributed by atoms with Crippen molar-refractivity contribution in [2.24, 2.45) is 0 Å². The second-order valence-electron chi connectivity index (χ2n) is 4.12. The molecule has 5 heteroatoms. The Labute approximate surface area is 100.0 Å². The molecule has 1 heterocycles. The van der Waals surface area contributed by atoms with E-state index in [0.29, 0.717) is 12.1 Å². The van der Waals surface area contributed by atoms with Crippen LogP contribution in [0.5, 0.6) is 11.5 Å². The quantitative estimate of drug-likeness (QED) is 0.825. The van der Waals surface area contributed by atoms with Gasteiger partial charge in [-0.15, -0.1) is 0 Å². The van der Waals surface area contributed by atoms with Gasteiger partial charge < -0.3 is 15.2 Å². The van der Waals surface area contributed by atoms with Crippen molar-refractivity contribution in [3.05, 3.63) is 23.5 Å². The summed E-state index contributed by atoms with van der Waals surface area (Å²) in [4.78, 5) is 2.15. The van der Waals surface area contributed by atoms with Gasteiger partial charge >= 0.3 is 0 Å². The summed E-state index contributed by atoms with van der Waals surface area (Å²) < 4.78 is 18.7. The Morgan fingerprint density at radius 2 is 2.12 bits per heavy atom. The number of ether oxygens (including phenoxy) is 1. The molecule has 0 saturated carbocycles. The number of hydrogen-bond donors (Lipinski definition) is 2. The molecule has 1 aliphatic heterocycles. The Hall–Kier alpha value is -1.33. The molecule has 0 aromatic heterocycles. The summed E-state index contributed by atoms with van der Waals surface area (Å²) in [6.45, 7) is 4.15. The summed E-state index contributed by atoms with van der Waals surface area (Å²) >= 11 is 0. The molecule has 0 aliphatic carbocycles. The molecule has 4 nitrogen and oxygen atoms in total. The van der Waals surface area contributed by atoms with Gasteiger partial charge in [-0.05, 0) is 6.07 Å². The van der Waals surface area contributed by atoms with Crippen LogP contribution < -0.4 is 10.1 Å². The van der Waals surface area contributed by atoms with Gasteiger partial charge in [0.2, 0.25) is 0 Å². The second-order valence-corrected chi connectivity index (χ2v) is 4.12. The molecule has 2 N–H and O–H groups in total. The number of nitrogens with one attached hydrogen (secondary N) is 1. The Bertz CT molecular complexity index is 392. The van der Waals surface area contributed by atoms with E-state index >= 15 is 0 Å². The van der Waals surface area contributed by atoms with Crippen LogP contribution in [0.1, 0.15) is 5.56 Å². The van der Waals surface area contributed by atoms with E-state index in [1.54, 1.807) is 12.1 Å². The van der Waals surface area contributed by atoms with Crippen molar-refractivity contribution in [3.63, 3.8) is 0 Å². The summed E-state index contributed by atoms with van der Waals surface area (Å²) in [5.74, 6) is -0.811. The standard InChI is InChI=1S/C12H17FN2O2/c1-17-10-3-2-9(11(13)12(10)16)8-15-6-4-14-5-7-15/h2-3,14,16H,4-8H2,1H3. The fourth-order valence-electron chi connectivity index (χ4n) is 1.99. The third kappa shape index (κ3) is 2.68. The van der Waals surface area contributed by atoms with Gasteiger partial charge in [-0.3, -0.25) is 4.90 Å². The van der Waals surface area contributed by atoms with Crippen molar-refractivity contribution < 1.29 is 14.2 Å². The molecule has 2 rings (SSSR count). The maximum Gasteiger partial charge on any atom is 0.194 e. The van der Waals surface area contributed by atoms with Gasteiger partial charge in [0.15, 0.2) is 17.3 Å². The van der Waals surface area contributed by atoms with E-state index < -0.39 is 11.6 Å².